The molecular weight excluding hydrogens is 293 g/mol. The van der Waals surface area contributed by atoms with Crippen molar-refractivity contribution < 1.29 is 5.11 Å². The van der Waals surface area contributed by atoms with Gasteiger partial charge in [-0.05, 0) is 35.6 Å². The first-order valence-electron chi connectivity index (χ1n) is 5.60. The summed E-state index contributed by atoms with van der Waals surface area (Å²) in [6.45, 7) is 6.15. The Morgan fingerprint density at radius 3 is 2.00 bits per heavy atom. The molecule has 0 amide bonds. The average molecular weight is 313 g/mol. The van der Waals surface area contributed by atoms with Gasteiger partial charge in [0.05, 0.1) is 6.10 Å². The van der Waals surface area contributed by atoms with E-state index in [0.29, 0.717) is 22.0 Å². The van der Waals surface area contributed by atoms with Gasteiger partial charge in [0.15, 0.2) is 0 Å². The van der Waals surface area contributed by atoms with E-state index in [1.54, 1.807) is 18.2 Å². The Balaban J connectivity index is 0.00000289. The van der Waals surface area contributed by atoms with Crippen molar-refractivity contribution in [1.82, 2.24) is 0 Å². The zero-order chi connectivity index (χ0) is 13.2. The topological polar surface area (TPSA) is 46.2 Å². The smallest absolute Gasteiger partial charge is 0.0806 e. The third-order valence-corrected chi connectivity index (χ3v) is 3.30. The summed E-state index contributed by atoms with van der Waals surface area (Å²) in [5.74, 6) is 0. The van der Waals surface area contributed by atoms with Crippen LogP contribution in [0.15, 0.2) is 18.2 Å². The lowest BCUT2D eigenvalue weighted by molar-refractivity contribution is 0.133. The summed E-state index contributed by atoms with van der Waals surface area (Å²) < 4.78 is 0. The van der Waals surface area contributed by atoms with Crippen molar-refractivity contribution in [3.63, 3.8) is 0 Å². The molecule has 0 aliphatic rings. The van der Waals surface area contributed by atoms with Crippen LogP contribution in [0.5, 0.6) is 0 Å². The second-order valence-corrected chi connectivity index (χ2v) is 6.30. The Bertz CT molecular complexity index is 370. The summed E-state index contributed by atoms with van der Waals surface area (Å²) in [7, 11) is 0. The predicted molar refractivity (Wildman–Crippen MR) is 80.7 cm³/mol. The molecule has 0 unspecified atom stereocenters. The molecule has 1 aromatic rings. The lowest BCUT2D eigenvalue weighted by Crippen LogP contribution is -2.36. The van der Waals surface area contributed by atoms with Crippen LogP contribution < -0.4 is 5.73 Å². The zero-order valence-corrected chi connectivity index (χ0v) is 13.1. The van der Waals surface area contributed by atoms with Gasteiger partial charge < -0.3 is 10.8 Å². The number of aliphatic hydroxyl groups excluding tert-OH is 1. The Hall–Kier alpha value is 0.01000. The maximum atomic E-state index is 10.1. The highest BCUT2D eigenvalue weighted by Crippen LogP contribution is 2.29. The van der Waals surface area contributed by atoms with Crippen molar-refractivity contribution >= 4 is 35.6 Å². The minimum Gasteiger partial charge on any atom is -0.388 e. The number of hydrogen-bond donors (Lipinski definition) is 2. The van der Waals surface area contributed by atoms with E-state index in [0.717, 1.165) is 0 Å². The zero-order valence-electron chi connectivity index (χ0n) is 10.8. The molecule has 0 saturated heterocycles. The molecule has 0 bridgehead atoms. The molecule has 0 saturated carbocycles. The number of hydrogen-bond acceptors (Lipinski definition) is 2. The Morgan fingerprint density at radius 1 is 1.17 bits per heavy atom. The van der Waals surface area contributed by atoms with Crippen LogP contribution >= 0.6 is 35.6 Å². The first kappa shape index (κ1) is 18.0. The summed E-state index contributed by atoms with van der Waals surface area (Å²) in [6.07, 6.45) is -0.152. The molecule has 2 nitrogen and oxygen atoms in total. The average Bonchev–Trinajstić information content (AvgIpc) is 2.14. The molecule has 1 aromatic carbocycles. The largest absolute Gasteiger partial charge is 0.388 e. The van der Waals surface area contributed by atoms with Crippen molar-refractivity contribution in [3.8, 4) is 0 Å². The third kappa shape index (κ3) is 5.33. The van der Waals surface area contributed by atoms with Crippen LogP contribution in [0, 0.1) is 5.41 Å². The molecule has 104 valence electrons. The SMILES string of the molecule is CC(C)(C)[C@H](N)C[C@@H](O)c1cc(Cl)cc(Cl)c1.Cl. The van der Waals surface area contributed by atoms with E-state index in [1.165, 1.54) is 0 Å². The maximum absolute atomic E-state index is 10.1. The molecule has 0 aromatic heterocycles. The number of aliphatic hydroxyl groups is 1. The molecule has 2 atom stereocenters. The van der Waals surface area contributed by atoms with Gasteiger partial charge in [0, 0.05) is 16.1 Å². The van der Waals surface area contributed by atoms with Gasteiger partial charge in [-0.3, -0.25) is 0 Å². The first-order chi connectivity index (χ1) is 7.70. The van der Waals surface area contributed by atoms with E-state index in [4.69, 9.17) is 28.9 Å². The van der Waals surface area contributed by atoms with Gasteiger partial charge in [0.2, 0.25) is 0 Å². The summed E-state index contributed by atoms with van der Waals surface area (Å²) in [4.78, 5) is 0. The van der Waals surface area contributed by atoms with Gasteiger partial charge in [-0.1, -0.05) is 44.0 Å². The van der Waals surface area contributed by atoms with Gasteiger partial charge in [0.1, 0.15) is 0 Å². The normalized spacial score (nSPS) is 14.8. The van der Waals surface area contributed by atoms with Crippen LogP contribution in [-0.2, 0) is 0 Å². The lowest BCUT2D eigenvalue weighted by Gasteiger charge is -2.29. The minimum absolute atomic E-state index is 0. The first-order valence-corrected chi connectivity index (χ1v) is 6.35. The van der Waals surface area contributed by atoms with Crippen LogP contribution in [0.4, 0.5) is 0 Å². The molecule has 5 heteroatoms. The Labute approximate surface area is 125 Å². The van der Waals surface area contributed by atoms with Crippen LogP contribution in [0.2, 0.25) is 10.0 Å². The van der Waals surface area contributed by atoms with Crippen LogP contribution in [-0.4, -0.2) is 11.1 Å². The van der Waals surface area contributed by atoms with Crippen molar-refractivity contribution in [2.75, 3.05) is 0 Å². The molecule has 18 heavy (non-hydrogen) atoms. The van der Waals surface area contributed by atoms with E-state index >= 15 is 0 Å². The fourth-order valence-electron chi connectivity index (χ4n) is 1.50. The fraction of sp³-hybridized carbons (Fsp3) is 0.538. The number of rotatable bonds is 3. The molecular formula is C13H20Cl3NO. The molecule has 0 fully saturated rings. The molecule has 0 aliphatic carbocycles. The summed E-state index contributed by atoms with van der Waals surface area (Å²) in [5.41, 5.74) is 6.71. The van der Waals surface area contributed by atoms with Crippen molar-refractivity contribution in [3.05, 3.63) is 33.8 Å². The highest BCUT2D eigenvalue weighted by Gasteiger charge is 2.24. The fourth-order valence-corrected chi connectivity index (χ4v) is 2.04. The predicted octanol–water partition coefficient (Wildman–Crippen LogP) is 4.21. The number of benzene rings is 1. The van der Waals surface area contributed by atoms with Crippen LogP contribution in [0.1, 0.15) is 38.9 Å². The summed E-state index contributed by atoms with van der Waals surface area (Å²) in [5, 5.41) is 11.2. The highest BCUT2D eigenvalue weighted by atomic mass is 35.5. The molecule has 3 N–H and O–H groups in total. The molecule has 0 aliphatic heterocycles. The minimum atomic E-state index is -0.638. The van der Waals surface area contributed by atoms with Gasteiger partial charge in [-0.15, -0.1) is 12.4 Å². The van der Waals surface area contributed by atoms with Gasteiger partial charge in [-0.2, -0.15) is 0 Å². The van der Waals surface area contributed by atoms with Gasteiger partial charge in [-0.25, -0.2) is 0 Å². The lowest BCUT2D eigenvalue weighted by atomic mass is 9.83. The highest BCUT2D eigenvalue weighted by molar-refractivity contribution is 6.34. The summed E-state index contributed by atoms with van der Waals surface area (Å²) >= 11 is 11.8. The second kappa shape index (κ2) is 6.97. The Morgan fingerprint density at radius 2 is 1.61 bits per heavy atom. The third-order valence-electron chi connectivity index (χ3n) is 2.86. The van der Waals surface area contributed by atoms with E-state index in [-0.39, 0.29) is 23.9 Å². The quantitative estimate of drug-likeness (QED) is 0.878. The standard InChI is InChI=1S/C13H19Cl2NO.ClH/c1-13(2,3)12(16)7-11(17)8-4-9(14)6-10(15)5-8;/h4-6,11-12,17H,7,16H2,1-3H3;1H/t11-,12-;/m1./s1. The number of halogens is 3. The van der Waals surface area contributed by atoms with E-state index in [9.17, 15) is 5.11 Å². The second-order valence-electron chi connectivity index (χ2n) is 5.43. The molecule has 0 radical (unpaired) electrons. The van der Waals surface area contributed by atoms with Gasteiger partial charge >= 0.3 is 0 Å². The van der Waals surface area contributed by atoms with Crippen LogP contribution in [0.3, 0.4) is 0 Å². The number of nitrogens with two attached hydrogens (primary N) is 1. The maximum Gasteiger partial charge on any atom is 0.0806 e. The van der Waals surface area contributed by atoms with Crippen molar-refractivity contribution in [2.45, 2.75) is 39.3 Å². The van der Waals surface area contributed by atoms with Crippen molar-refractivity contribution in [2.24, 2.45) is 11.1 Å². The summed E-state index contributed by atoms with van der Waals surface area (Å²) in [6, 6.07) is 4.99. The molecule has 0 spiro atoms. The van der Waals surface area contributed by atoms with E-state index < -0.39 is 6.10 Å². The van der Waals surface area contributed by atoms with E-state index in [1.807, 2.05) is 0 Å². The molecule has 1 rings (SSSR count). The van der Waals surface area contributed by atoms with E-state index in [2.05, 4.69) is 20.8 Å². The monoisotopic (exact) mass is 311 g/mol. The van der Waals surface area contributed by atoms with Crippen molar-refractivity contribution in [1.29, 1.82) is 0 Å². The molecule has 0 heterocycles. The van der Waals surface area contributed by atoms with Crippen LogP contribution in [0.25, 0.3) is 0 Å². The Kier molecular flexibility index (Phi) is 6.97. The van der Waals surface area contributed by atoms with Gasteiger partial charge in [0.25, 0.3) is 0 Å².